The first-order valence-electron chi connectivity index (χ1n) is 6.60. The van der Waals surface area contributed by atoms with E-state index in [1.165, 1.54) is 6.26 Å². The van der Waals surface area contributed by atoms with E-state index in [1.807, 2.05) is 0 Å². The third-order valence-corrected chi connectivity index (χ3v) is 4.68. The van der Waals surface area contributed by atoms with Crippen molar-refractivity contribution in [1.29, 1.82) is 0 Å². The van der Waals surface area contributed by atoms with Crippen LogP contribution in [0.1, 0.15) is 19.3 Å². The lowest BCUT2D eigenvalue weighted by molar-refractivity contribution is 0.103. The maximum absolute atomic E-state index is 11.0. The van der Waals surface area contributed by atoms with Crippen molar-refractivity contribution in [1.82, 2.24) is 9.80 Å². The van der Waals surface area contributed by atoms with Crippen LogP contribution in [0, 0.1) is 0 Å². The molecular formula is C12H27N3O2S. The fourth-order valence-electron chi connectivity index (χ4n) is 2.43. The highest BCUT2D eigenvalue weighted by Gasteiger charge is 2.23. The minimum absolute atomic E-state index is 0.102. The van der Waals surface area contributed by atoms with Crippen molar-refractivity contribution >= 4 is 9.84 Å². The summed E-state index contributed by atoms with van der Waals surface area (Å²) >= 11 is 0. The normalized spacial score (nSPS) is 25.2. The van der Waals surface area contributed by atoms with Crippen molar-refractivity contribution < 1.29 is 8.42 Å². The molecule has 1 heterocycles. The molecule has 0 aromatic heterocycles. The topological polar surface area (TPSA) is 66.6 Å². The molecule has 5 nitrogen and oxygen atoms in total. The average molecular weight is 277 g/mol. The second kappa shape index (κ2) is 6.84. The highest BCUT2D eigenvalue weighted by molar-refractivity contribution is 7.90. The standard InChI is InChI=1S/C12H27N3O2S/c1-14-6-7-15(2)12(10-14)9-11(13)5-4-8-18(3,16)17/h11-12H,4-10,13H2,1-3H3. The van der Waals surface area contributed by atoms with Gasteiger partial charge in [0, 0.05) is 43.7 Å². The first kappa shape index (κ1) is 15.9. The van der Waals surface area contributed by atoms with Crippen LogP contribution in [0.5, 0.6) is 0 Å². The summed E-state index contributed by atoms with van der Waals surface area (Å²) in [5.41, 5.74) is 6.10. The van der Waals surface area contributed by atoms with Crippen LogP contribution in [-0.4, -0.2) is 76.0 Å². The van der Waals surface area contributed by atoms with E-state index in [4.69, 9.17) is 5.73 Å². The van der Waals surface area contributed by atoms with Gasteiger partial charge in [0.1, 0.15) is 9.84 Å². The number of sulfone groups is 1. The number of piperazine rings is 1. The molecule has 6 heteroatoms. The van der Waals surface area contributed by atoms with Crippen molar-refractivity contribution in [3.05, 3.63) is 0 Å². The molecular weight excluding hydrogens is 250 g/mol. The summed E-state index contributed by atoms with van der Waals surface area (Å²) in [7, 11) is 1.43. The fraction of sp³-hybridized carbons (Fsp3) is 1.00. The van der Waals surface area contributed by atoms with Gasteiger partial charge in [-0.2, -0.15) is 0 Å². The molecule has 2 N–H and O–H groups in total. The summed E-state index contributed by atoms with van der Waals surface area (Å²) < 4.78 is 22.1. The van der Waals surface area contributed by atoms with Gasteiger partial charge in [0.05, 0.1) is 0 Å². The summed E-state index contributed by atoms with van der Waals surface area (Å²) in [6, 6.07) is 0.600. The summed E-state index contributed by atoms with van der Waals surface area (Å²) in [6.07, 6.45) is 3.69. The molecule has 1 saturated heterocycles. The number of hydrogen-bond donors (Lipinski definition) is 1. The van der Waals surface area contributed by atoms with Crippen LogP contribution in [-0.2, 0) is 9.84 Å². The van der Waals surface area contributed by atoms with E-state index in [2.05, 4.69) is 23.9 Å². The third kappa shape index (κ3) is 6.13. The summed E-state index contributed by atoms with van der Waals surface area (Å²) in [6.45, 7) is 3.24. The predicted octanol–water partition coefficient (Wildman–Crippen LogP) is -0.226. The van der Waals surface area contributed by atoms with Crippen molar-refractivity contribution in [3.8, 4) is 0 Å². The van der Waals surface area contributed by atoms with Gasteiger partial charge in [-0.05, 0) is 33.4 Å². The highest BCUT2D eigenvalue weighted by atomic mass is 32.2. The molecule has 0 aromatic rings. The van der Waals surface area contributed by atoms with E-state index in [1.54, 1.807) is 0 Å². The van der Waals surface area contributed by atoms with Crippen molar-refractivity contribution in [2.45, 2.75) is 31.3 Å². The molecule has 1 aliphatic rings. The van der Waals surface area contributed by atoms with E-state index in [0.29, 0.717) is 12.5 Å². The molecule has 0 aromatic carbocycles. The largest absolute Gasteiger partial charge is 0.328 e. The molecule has 1 fully saturated rings. The zero-order valence-electron chi connectivity index (χ0n) is 11.8. The lowest BCUT2D eigenvalue weighted by Gasteiger charge is -2.38. The van der Waals surface area contributed by atoms with Gasteiger partial charge >= 0.3 is 0 Å². The van der Waals surface area contributed by atoms with Crippen LogP contribution >= 0.6 is 0 Å². The number of nitrogens with two attached hydrogens (primary N) is 1. The number of likely N-dealkylation sites (N-methyl/N-ethyl adjacent to an activating group) is 2. The molecule has 18 heavy (non-hydrogen) atoms. The van der Waals surface area contributed by atoms with Gasteiger partial charge in [-0.25, -0.2) is 8.42 Å². The smallest absolute Gasteiger partial charge is 0.147 e. The van der Waals surface area contributed by atoms with Crippen molar-refractivity contribution in [2.75, 3.05) is 45.7 Å². The van der Waals surface area contributed by atoms with Gasteiger partial charge in [-0.15, -0.1) is 0 Å². The SMILES string of the molecule is CN1CCN(C)C(CC(N)CCCS(C)(=O)=O)C1. The Labute approximate surface area is 111 Å². The Bertz CT molecular complexity index is 345. The lowest BCUT2D eigenvalue weighted by Crippen LogP contribution is -2.51. The first-order valence-corrected chi connectivity index (χ1v) is 8.66. The number of nitrogens with zero attached hydrogens (tertiary/aromatic N) is 2. The van der Waals surface area contributed by atoms with Crippen LogP contribution in [0.15, 0.2) is 0 Å². The Morgan fingerprint density at radius 1 is 1.33 bits per heavy atom. The molecule has 0 aliphatic carbocycles. The van der Waals surface area contributed by atoms with Crippen LogP contribution < -0.4 is 5.73 Å². The minimum Gasteiger partial charge on any atom is -0.328 e. The molecule has 0 amide bonds. The first-order chi connectivity index (χ1) is 8.28. The summed E-state index contributed by atoms with van der Waals surface area (Å²) in [5, 5.41) is 0. The van der Waals surface area contributed by atoms with E-state index < -0.39 is 9.84 Å². The van der Waals surface area contributed by atoms with Crippen molar-refractivity contribution in [2.24, 2.45) is 5.73 Å². The summed E-state index contributed by atoms with van der Waals surface area (Å²) in [5.74, 6) is 0.251. The molecule has 0 bridgehead atoms. The Kier molecular flexibility index (Phi) is 6.04. The Balaban J connectivity index is 2.28. The summed E-state index contributed by atoms with van der Waals surface area (Å²) in [4.78, 5) is 4.68. The zero-order valence-corrected chi connectivity index (χ0v) is 12.6. The Hall–Kier alpha value is -0.170. The van der Waals surface area contributed by atoms with E-state index >= 15 is 0 Å². The predicted molar refractivity (Wildman–Crippen MR) is 75.5 cm³/mol. The van der Waals surface area contributed by atoms with Gasteiger partial charge in [0.2, 0.25) is 0 Å². The van der Waals surface area contributed by atoms with E-state index in [9.17, 15) is 8.42 Å². The second-order valence-corrected chi connectivity index (χ2v) is 7.92. The maximum atomic E-state index is 11.0. The highest BCUT2D eigenvalue weighted by Crippen LogP contribution is 2.13. The molecule has 1 rings (SSSR count). The molecule has 0 saturated carbocycles. The minimum atomic E-state index is -2.85. The lowest BCUT2D eigenvalue weighted by atomic mass is 10.0. The maximum Gasteiger partial charge on any atom is 0.147 e. The second-order valence-electron chi connectivity index (χ2n) is 5.66. The fourth-order valence-corrected chi connectivity index (χ4v) is 3.12. The molecule has 1 aliphatic heterocycles. The molecule has 0 radical (unpaired) electrons. The van der Waals surface area contributed by atoms with Gasteiger partial charge < -0.3 is 15.5 Å². The van der Waals surface area contributed by atoms with Crippen LogP contribution in [0.2, 0.25) is 0 Å². The van der Waals surface area contributed by atoms with Gasteiger partial charge in [0.15, 0.2) is 0 Å². The molecule has 2 atom stereocenters. The average Bonchev–Trinajstić information content (AvgIpc) is 2.21. The van der Waals surface area contributed by atoms with E-state index in [-0.39, 0.29) is 11.8 Å². The Morgan fingerprint density at radius 3 is 2.61 bits per heavy atom. The molecule has 2 unspecified atom stereocenters. The van der Waals surface area contributed by atoms with Crippen LogP contribution in [0.4, 0.5) is 0 Å². The van der Waals surface area contributed by atoms with Crippen molar-refractivity contribution in [3.63, 3.8) is 0 Å². The molecule has 0 spiro atoms. The quantitative estimate of drug-likeness (QED) is 0.727. The monoisotopic (exact) mass is 277 g/mol. The zero-order chi connectivity index (χ0) is 13.8. The Morgan fingerprint density at radius 2 is 2.00 bits per heavy atom. The van der Waals surface area contributed by atoms with Gasteiger partial charge in [0.25, 0.3) is 0 Å². The van der Waals surface area contributed by atoms with Gasteiger partial charge in [-0.3, -0.25) is 0 Å². The van der Waals surface area contributed by atoms with Crippen LogP contribution in [0.3, 0.4) is 0 Å². The van der Waals surface area contributed by atoms with Crippen LogP contribution in [0.25, 0.3) is 0 Å². The number of hydrogen-bond acceptors (Lipinski definition) is 5. The third-order valence-electron chi connectivity index (χ3n) is 3.65. The number of rotatable bonds is 6. The molecule has 108 valence electrons. The van der Waals surface area contributed by atoms with Gasteiger partial charge in [-0.1, -0.05) is 0 Å². The van der Waals surface area contributed by atoms with E-state index in [0.717, 1.165) is 32.5 Å².